The summed E-state index contributed by atoms with van der Waals surface area (Å²) in [7, 11) is 1.60. The fourth-order valence-electron chi connectivity index (χ4n) is 2.78. The Hall–Kier alpha value is -2.50. The van der Waals surface area contributed by atoms with Crippen molar-refractivity contribution in [3.8, 4) is 17.2 Å². The molecule has 0 amide bonds. The van der Waals surface area contributed by atoms with Gasteiger partial charge >= 0.3 is 0 Å². The third-order valence-electron chi connectivity index (χ3n) is 4.03. The first-order chi connectivity index (χ1) is 12.7. The molecule has 3 aromatic carbocycles. The number of methoxy groups -OCH3 is 1. The van der Waals surface area contributed by atoms with Gasteiger partial charge in [0.1, 0.15) is 5.75 Å². The topological polar surface area (TPSA) is 48.2 Å². The zero-order valence-electron chi connectivity index (χ0n) is 14.0. The highest BCUT2D eigenvalue weighted by Gasteiger charge is 2.15. The van der Waals surface area contributed by atoms with E-state index in [-0.39, 0.29) is 0 Å². The fourth-order valence-corrected chi connectivity index (χ4v) is 3.72. The normalized spacial score (nSPS) is 11.0. The van der Waals surface area contributed by atoms with E-state index in [0.29, 0.717) is 27.4 Å². The van der Waals surface area contributed by atoms with E-state index in [2.05, 4.69) is 40.5 Å². The molecule has 0 bridgehead atoms. The predicted octanol–water partition coefficient (Wildman–Crippen LogP) is 5.84. The molecule has 4 aromatic rings. The van der Waals surface area contributed by atoms with E-state index in [1.54, 1.807) is 25.3 Å². The Morgan fingerprint density at radius 2 is 1.88 bits per heavy atom. The number of benzene rings is 3. The lowest BCUT2D eigenvalue weighted by molar-refractivity contribution is 0.411. The van der Waals surface area contributed by atoms with Gasteiger partial charge in [-0.05, 0) is 34.5 Å². The van der Waals surface area contributed by atoms with E-state index in [1.807, 2.05) is 12.1 Å². The van der Waals surface area contributed by atoms with Crippen LogP contribution in [0.5, 0.6) is 5.75 Å². The molecule has 0 spiro atoms. The van der Waals surface area contributed by atoms with Crippen molar-refractivity contribution in [3.63, 3.8) is 0 Å². The SMILES string of the molecule is COc1ccc(Cl)cc1-c1nnc(SCc2cccc3ccccc23)o1. The molecule has 6 heteroatoms. The third-order valence-corrected chi connectivity index (χ3v) is 5.13. The van der Waals surface area contributed by atoms with Gasteiger partial charge in [0.2, 0.25) is 0 Å². The van der Waals surface area contributed by atoms with Crippen molar-refractivity contribution >= 4 is 34.1 Å². The van der Waals surface area contributed by atoms with Crippen LogP contribution in [0.4, 0.5) is 0 Å². The molecule has 0 fully saturated rings. The molecule has 0 unspecified atom stereocenters. The van der Waals surface area contributed by atoms with Crippen LogP contribution < -0.4 is 4.74 Å². The molecule has 26 heavy (non-hydrogen) atoms. The van der Waals surface area contributed by atoms with Gasteiger partial charge in [-0.15, -0.1) is 10.2 Å². The number of aromatic nitrogens is 2. The van der Waals surface area contributed by atoms with Crippen LogP contribution in [-0.2, 0) is 5.75 Å². The van der Waals surface area contributed by atoms with Crippen molar-refractivity contribution in [1.29, 1.82) is 0 Å². The standard InChI is InChI=1S/C20H15ClN2O2S/c1-24-18-10-9-15(21)11-17(18)19-22-23-20(25-19)26-12-14-7-4-6-13-5-2-3-8-16(13)14/h2-11H,12H2,1H3. The van der Waals surface area contributed by atoms with Crippen LogP contribution >= 0.6 is 23.4 Å². The van der Waals surface area contributed by atoms with Crippen LogP contribution in [0, 0.1) is 0 Å². The summed E-state index contributed by atoms with van der Waals surface area (Å²) in [5.41, 5.74) is 1.91. The van der Waals surface area contributed by atoms with Crippen LogP contribution in [0.3, 0.4) is 0 Å². The predicted molar refractivity (Wildman–Crippen MR) is 105 cm³/mol. The molecule has 0 aliphatic heterocycles. The maximum Gasteiger partial charge on any atom is 0.277 e. The second kappa shape index (κ2) is 7.40. The van der Waals surface area contributed by atoms with E-state index in [4.69, 9.17) is 20.8 Å². The van der Waals surface area contributed by atoms with E-state index in [1.165, 1.54) is 28.1 Å². The van der Waals surface area contributed by atoms with Gasteiger partial charge in [0, 0.05) is 10.8 Å². The average molecular weight is 383 g/mol. The van der Waals surface area contributed by atoms with Gasteiger partial charge in [-0.2, -0.15) is 0 Å². The number of hydrogen-bond acceptors (Lipinski definition) is 5. The highest BCUT2D eigenvalue weighted by molar-refractivity contribution is 7.98. The summed E-state index contributed by atoms with van der Waals surface area (Å²) in [6, 6.07) is 19.9. The summed E-state index contributed by atoms with van der Waals surface area (Å²) in [4.78, 5) is 0. The van der Waals surface area contributed by atoms with Crippen LogP contribution in [-0.4, -0.2) is 17.3 Å². The molecule has 0 aliphatic rings. The minimum atomic E-state index is 0.393. The van der Waals surface area contributed by atoms with Crippen molar-refractivity contribution in [3.05, 3.63) is 71.2 Å². The first-order valence-corrected chi connectivity index (χ1v) is 9.38. The van der Waals surface area contributed by atoms with Gasteiger partial charge in [0.15, 0.2) is 0 Å². The van der Waals surface area contributed by atoms with Crippen LogP contribution in [0.2, 0.25) is 5.02 Å². The van der Waals surface area contributed by atoms with Gasteiger partial charge in [0.05, 0.1) is 12.7 Å². The summed E-state index contributed by atoms with van der Waals surface area (Å²) < 4.78 is 11.2. The maximum atomic E-state index is 6.08. The lowest BCUT2D eigenvalue weighted by Crippen LogP contribution is -1.87. The van der Waals surface area contributed by atoms with Crippen LogP contribution in [0.1, 0.15) is 5.56 Å². The summed E-state index contributed by atoms with van der Waals surface area (Å²) in [5, 5.41) is 11.8. The molecule has 0 saturated carbocycles. The number of hydrogen-bond donors (Lipinski definition) is 0. The first kappa shape index (κ1) is 16.9. The lowest BCUT2D eigenvalue weighted by atomic mass is 10.1. The highest BCUT2D eigenvalue weighted by Crippen LogP contribution is 2.34. The number of halogens is 1. The van der Waals surface area contributed by atoms with E-state index < -0.39 is 0 Å². The van der Waals surface area contributed by atoms with Gasteiger partial charge in [0.25, 0.3) is 11.1 Å². The Labute approximate surface area is 160 Å². The molecular weight excluding hydrogens is 368 g/mol. The van der Waals surface area contributed by atoms with Crippen molar-refractivity contribution in [2.24, 2.45) is 0 Å². The molecule has 0 N–H and O–H groups in total. The zero-order chi connectivity index (χ0) is 17.9. The van der Waals surface area contributed by atoms with E-state index in [9.17, 15) is 0 Å². The van der Waals surface area contributed by atoms with Gasteiger partial charge in [-0.3, -0.25) is 0 Å². The Morgan fingerprint density at radius 1 is 1.04 bits per heavy atom. The fraction of sp³-hybridized carbons (Fsp3) is 0.100. The molecule has 0 saturated heterocycles. The molecular formula is C20H15ClN2O2S. The van der Waals surface area contributed by atoms with Gasteiger partial charge < -0.3 is 9.15 Å². The van der Waals surface area contributed by atoms with Crippen molar-refractivity contribution in [2.45, 2.75) is 11.0 Å². The third kappa shape index (κ3) is 3.41. The smallest absolute Gasteiger partial charge is 0.277 e. The molecule has 0 atom stereocenters. The van der Waals surface area contributed by atoms with Gasteiger partial charge in [-0.25, -0.2) is 0 Å². The lowest BCUT2D eigenvalue weighted by Gasteiger charge is -2.05. The van der Waals surface area contributed by atoms with E-state index >= 15 is 0 Å². The summed E-state index contributed by atoms with van der Waals surface area (Å²) >= 11 is 7.58. The molecule has 1 heterocycles. The number of ether oxygens (including phenoxy) is 1. The Bertz CT molecular complexity index is 1060. The van der Waals surface area contributed by atoms with Crippen molar-refractivity contribution < 1.29 is 9.15 Å². The second-order valence-corrected chi connectivity index (χ2v) is 7.01. The number of nitrogens with zero attached hydrogens (tertiary/aromatic N) is 2. The summed E-state index contributed by atoms with van der Waals surface area (Å²) in [6.07, 6.45) is 0. The number of fused-ring (bicyclic) bond motifs is 1. The molecule has 1 aromatic heterocycles. The number of rotatable bonds is 5. The summed E-state index contributed by atoms with van der Waals surface area (Å²) in [6.45, 7) is 0. The Morgan fingerprint density at radius 3 is 2.77 bits per heavy atom. The Balaban J connectivity index is 1.57. The molecule has 0 aliphatic carbocycles. The van der Waals surface area contributed by atoms with Crippen LogP contribution in [0.15, 0.2) is 70.3 Å². The zero-order valence-corrected chi connectivity index (χ0v) is 15.6. The largest absolute Gasteiger partial charge is 0.496 e. The van der Waals surface area contributed by atoms with Crippen molar-refractivity contribution in [1.82, 2.24) is 10.2 Å². The minimum Gasteiger partial charge on any atom is -0.496 e. The first-order valence-electron chi connectivity index (χ1n) is 8.01. The molecule has 130 valence electrons. The Kier molecular flexibility index (Phi) is 4.82. The highest BCUT2D eigenvalue weighted by atomic mass is 35.5. The molecule has 0 radical (unpaired) electrons. The number of thioether (sulfide) groups is 1. The van der Waals surface area contributed by atoms with Crippen molar-refractivity contribution in [2.75, 3.05) is 7.11 Å². The van der Waals surface area contributed by atoms with Crippen LogP contribution in [0.25, 0.3) is 22.2 Å². The van der Waals surface area contributed by atoms with Gasteiger partial charge in [-0.1, -0.05) is 65.8 Å². The molecule has 4 nitrogen and oxygen atoms in total. The summed E-state index contributed by atoms with van der Waals surface area (Å²) in [5.74, 6) is 1.78. The maximum absolute atomic E-state index is 6.08. The quantitative estimate of drug-likeness (QED) is 0.405. The molecule has 4 rings (SSSR count). The monoisotopic (exact) mass is 382 g/mol. The average Bonchev–Trinajstić information content (AvgIpc) is 3.15. The van der Waals surface area contributed by atoms with E-state index in [0.717, 1.165) is 5.75 Å². The minimum absolute atomic E-state index is 0.393. The second-order valence-electron chi connectivity index (χ2n) is 5.64.